The van der Waals surface area contributed by atoms with E-state index in [4.69, 9.17) is 9.47 Å². The molecule has 0 N–H and O–H groups in total. The minimum absolute atomic E-state index is 0.0718. The number of esters is 2. The van der Waals surface area contributed by atoms with E-state index in [9.17, 15) is 9.59 Å². The van der Waals surface area contributed by atoms with E-state index in [0.29, 0.717) is 12.8 Å². The lowest BCUT2D eigenvalue weighted by atomic mass is 9.87. The Hall–Kier alpha value is -2.88. The van der Waals surface area contributed by atoms with Crippen LogP contribution in [-0.2, 0) is 31.9 Å². The molecule has 0 aliphatic rings. The highest BCUT2D eigenvalue weighted by Crippen LogP contribution is 2.35. The van der Waals surface area contributed by atoms with Crippen LogP contribution in [0, 0.1) is 0 Å². The average Bonchev–Trinajstić information content (AvgIpc) is 3.20. The molecular weight excluding hydrogens is 665 g/mol. The van der Waals surface area contributed by atoms with Gasteiger partial charge in [0, 0.05) is 12.8 Å². The zero-order chi connectivity index (χ0) is 38.3. The van der Waals surface area contributed by atoms with Crippen LogP contribution in [0.25, 0.3) is 21.5 Å². The van der Waals surface area contributed by atoms with E-state index >= 15 is 0 Å². The number of unbranched alkanes of at least 4 members (excludes halogenated alkanes) is 26. The van der Waals surface area contributed by atoms with E-state index in [-0.39, 0.29) is 11.9 Å². The molecule has 302 valence electrons. The zero-order valence-corrected chi connectivity index (χ0v) is 34.9. The third-order valence-corrected chi connectivity index (χ3v) is 11.7. The second-order valence-corrected chi connectivity index (χ2v) is 16.1. The number of benzene rings is 3. The Balaban J connectivity index is 1.26. The van der Waals surface area contributed by atoms with Gasteiger partial charge >= 0.3 is 11.9 Å². The van der Waals surface area contributed by atoms with Crippen LogP contribution in [-0.4, -0.2) is 26.2 Å². The van der Waals surface area contributed by atoms with Gasteiger partial charge < -0.3 is 9.47 Å². The van der Waals surface area contributed by atoms with Crippen LogP contribution < -0.4 is 0 Å². The molecule has 54 heavy (non-hydrogen) atoms. The summed E-state index contributed by atoms with van der Waals surface area (Å²) in [6.07, 6.45) is 40.1. The van der Waals surface area contributed by atoms with Crippen LogP contribution >= 0.6 is 0 Å². The number of carbonyl (C=O) groups excluding carboxylic acids is 2. The van der Waals surface area contributed by atoms with E-state index < -0.39 is 0 Å². The third kappa shape index (κ3) is 19.1. The molecule has 0 unspecified atom stereocenters. The second-order valence-electron chi connectivity index (χ2n) is 16.1. The lowest BCUT2D eigenvalue weighted by Gasteiger charge is -2.17. The van der Waals surface area contributed by atoms with Gasteiger partial charge in [-0.15, -0.1) is 0 Å². The first kappa shape index (κ1) is 45.5. The van der Waals surface area contributed by atoms with Crippen molar-refractivity contribution in [1.82, 2.24) is 0 Å². The summed E-state index contributed by atoms with van der Waals surface area (Å²) in [5, 5.41) is 5.97. The van der Waals surface area contributed by atoms with Gasteiger partial charge in [-0.2, -0.15) is 0 Å². The maximum Gasteiger partial charge on any atom is 0.305 e. The minimum atomic E-state index is -0.0718. The molecule has 0 aliphatic carbocycles. The summed E-state index contributed by atoms with van der Waals surface area (Å²) in [6.45, 7) is 0. The largest absolute Gasteiger partial charge is 0.469 e. The van der Waals surface area contributed by atoms with Crippen molar-refractivity contribution in [2.24, 2.45) is 0 Å². The van der Waals surface area contributed by atoms with Crippen molar-refractivity contribution in [3.8, 4) is 0 Å². The summed E-state index contributed by atoms with van der Waals surface area (Å²) in [4.78, 5) is 22.4. The second kappa shape index (κ2) is 30.4. The molecule has 0 aromatic heterocycles. The van der Waals surface area contributed by atoms with E-state index in [1.54, 1.807) is 11.1 Å². The highest BCUT2D eigenvalue weighted by atomic mass is 16.5. The van der Waals surface area contributed by atoms with Crippen LogP contribution in [0.3, 0.4) is 0 Å². The molecule has 0 saturated carbocycles. The molecule has 3 aromatic carbocycles. The van der Waals surface area contributed by atoms with E-state index in [0.717, 1.165) is 25.7 Å². The molecule has 0 heterocycles. The quantitative estimate of drug-likeness (QED) is 0.0347. The maximum absolute atomic E-state index is 11.2. The lowest BCUT2D eigenvalue weighted by molar-refractivity contribution is -0.141. The molecule has 3 rings (SSSR count). The fraction of sp³-hybridized carbons (Fsp3) is 0.680. The summed E-state index contributed by atoms with van der Waals surface area (Å²) in [5.41, 5.74) is 3.15. The third-order valence-electron chi connectivity index (χ3n) is 11.7. The van der Waals surface area contributed by atoms with Crippen molar-refractivity contribution in [2.75, 3.05) is 14.2 Å². The summed E-state index contributed by atoms with van der Waals surface area (Å²) >= 11 is 0. The molecule has 0 spiro atoms. The number of aryl methyl sites for hydroxylation is 2. The lowest BCUT2D eigenvalue weighted by Crippen LogP contribution is -1.99. The van der Waals surface area contributed by atoms with Crippen LogP contribution in [0.4, 0.5) is 0 Å². The first-order chi connectivity index (χ1) is 26.7. The Morgan fingerprint density at radius 3 is 0.759 bits per heavy atom. The topological polar surface area (TPSA) is 52.6 Å². The molecule has 4 heteroatoms. The predicted octanol–water partition coefficient (Wildman–Crippen LogP) is 15.1. The van der Waals surface area contributed by atoms with Crippen molar-refractivity contribution >= 4 is 33.5 Å². The SMILES string of the molecule is COC(=O)CCCCCCCCCCCCCCCCc1c2ccccc2c(CCCCCCCCCCCCCCCCC(=O)OC)c2ccccc12. The summed E-state index contributed by atoms with van der Waals surface area (Å²) in [7, 11) is 2.95. The number of fused-ring (bicyclic) bond motifs is 2. The molecule has 0 bridgehead atoms. The van der Waals surface area contributed by atoms with Gasteiger partial charge in [0.2, 0.25) is 0 Å². The van der Waals surface area contributed by atoms with Crippen molar-refractivity contribution in [3.05, 3.63) is 59.7 Å². The monoisotopic (exact) mass is 743 g/mol. The van der Waals surface area contributed by atoms with Crippen molar-refractivity contribution in [3.63, 3.8) is 0 Å². The molecular formula is C50H78O4. The number of rotatable bonds is 34. The van der Waals surface area contributed by atoms with Crippen molar-refractivity contribution < 1.29 is 19.1 Å². The molecule has 0 saturated heterocycles. The summed E-state index contributed by atoms with van der Waals surface area (Å²) < 4.78 is 9.43. The number of hydrogen-bond donors (Lipinski definition) is 0. The Morgan fingerprint density at radius 2 is 0.537 bits per heavy atom. The summed E-state index contributed by atoms with van der Waals surface area (Å²) in [5.74, 6) is -0.144. The normalized spacial score (nSPS) is 11.4. The Bertz CT molecular complexity index is 1250. The number of carbonyl (C=O) groups is 2. The molecule has 3 aromatic rings. The van der Waals surface area contributed by atoms with E-state index in [1.807, 2.05) is 0 Å². The van der Waals surface area contributed by atoms with Gasteiger partial charge in [0.25, 0.3) is 0 Å². The molecule has 4 nitrogen and oxygen atoms in total. The van der Waals surface area contributed by atoms with E-state index in [1.165, 1.54) is 203 Å². The Morgan fingerprint density at radius 1 is 0.333 bits per heavy atom. The highest BCUT2D eigenvalue weighted by Gasteiger charge is 2.13. The smallest absolute Gasteiger partial charge is 0.305 e. The van der Waals surface area contributed by atoms with Crippen molar-refractivity contribution in [2.45, 2.75) is 205 Å². The van der Waals surface area contributed by atoms with Crippen LogP contribution in [0.15, 0.2) is 48.5 Å². The van der Waals surface area contributed by atoms with Gasteiger partial charge in [-0.3, -0.25) is 9.59 Å². The number of methoxy groups -OCH3 is 2. The zero-order valence-electron chi connectivity index (χ0n) is 34.9. The predicted molar refractivity (Wildman–Crippen MR) is 231 cm³/mol. The van der Waals surface area contributed by atoms with Crippen LogP contribution in [0.1, 0.15) is 204 Å². The van der Waals surface area contributed by atoms with Crippen LogP contribution in [0.5, 0.6) is 0 Å². The number of ether oxygens (including phenoxy) is 2. The average molecular weight is 743 g/mol. The maximum atomic E-state index is 11.2. The first-order valence-corrected chi connectivity index (χ1v) is 22.7. The minimum Gasteiger partial charge on any atom is -0.469 e. The summed E-state index contributed by atoms with van der Waals surface area (Å²) in [6, 6.07) is 18.5. The van der Waals surface area contributed by atoms with Crippen LogP contribution in [0.2, 0.25) is 0 Å². The van der Waals surface area contributed by atoms with Gasteiger partial charge in [0.05, 0.1) is 14.2 Å². The first-order valence-electron chi connectivity index (χ1n) is 22.7. The molecule has 0 amide bonds. The Kier molecular flexibility index (Phi) is 25.6. The molecule has 0 radical (unpaired) electrons. The molecule has 0 fully saturated rings. The van der Waals surface area contributed by atoms with Crippen molar-refractivity contribution in [1.29, 1.82) is 0 Å². The van der Waals surface area contributed by atoms with E-state index in [2.05, 4.69) is 48.5 Å². The fourth-order valence-electron chi connectivity index (χ4n) is 8.44. The fourth-order valence-corrected chi connectivity index (χ4v) is 8.44. The van der Waals surface area contributed by atoms with Gasteiger partial charge in [0.1, 0.15) is 0 Å². The highest BCUT2D eigenvalue weighted by molar-refractivity contribution is 6.05. The van der Waals surface area contributed by atoms with Gasteiger partial charge in [0.15, 0.2) is 0 Å². The molecule has 0 aliphatic heterocycles. The standard InChI is InChI=1S/C50H78O4/c1-53-49(51)41-29-25-21-17-13-9-5-3-7-11-15-19-23-27-35-43-45-37-31-33-39-47(45)44(48-40-34-32-38-46(43)48)36-28-24-20-16-12-8-4-6-10-14-18-22-26-30-42-50(52)54-2/h31-34,37-40H,3-30,35-36,41-42H2,1-2H3. The number of hydrogen-bond acceptors (Lipinski definition) is 4. The van der Waals surface area contributed by atoms with Gasteiger partial charge in [-0.1, -0.05) is 203 Å². The molecule has 0 atom stereocenters. The Labute approximate surface area is 330 Å². The van der Waals surface area contributed by atoms with Gasteiger partial charge in [-0.25, -0.2) is 0 Å². The van der Waals surface area contributed by atoms with Gasteiger partial charge in [-0.05, 0) is 71.2 Å².